The summed E-state index contributed by atoms with van der Waals surface area (Å²) in [7, 11) is 0. The lowest BCUT2D eigenvalue weighted by atomic mass is 10.1. The molecule has 4 rings (SSSR count). The van der Waals surface area contributed by atoms with Gasteiger partial charge in [-0.05, 0) is 42.2 Å². The minimum absolute atomic E-state index is 0.0156. The quantitative estimate of drug-likeness (QED) is 0.415. The minimum atomic E-state index is -4.51. The zero-order valence-corrected chi connectivity index (χ0v) is 20.8. The molecule has 1 heterocycles. The van der Waals surface area contributed by atoms with Crippen molar-refractivity contribution in [1.29, 1.82) is 0 Å². The van der Waals surface area contributed by atoms with Gasteiger partial charge in [-0.25, -0.2) is 4.99 Å². The predicted molar refractivity (Wildman–Crippen MR) is 140 cm³/mol. The maximum absolute atomic E-state index is 13.2. The van der Waals surface area contributed by atoms with Crippen molar-refractivity contribution in [3.63, 3.8) is 0 Å². The van der Waals surface area contributed by atoms with Gasteiger partial charge in [-0.3, -0.25) is 14.5 Å². The summed E-state index contributed by atoms with van der Waals surface area (Å²) in [6.45, 7) is 0.710. The van der Waals surface area contributed by atoms with E-state index < -0.39 is 17.0 Å². The van der Waals surface area contributed by atoms with Crippen molar-refractivity contribution in [2.75, 3.05) is 13.1 Å². The second kappa shape index (κ2) is 12.1. The van der Waals surface area contributed by atoms with Crippen LogP contribution in [-0.4, -0.2) is 40.2 Å². The Hall–Kier alpha value is -3.59. The maximum Gasteiger partial charge on any atom is 0.416 e. The van der Waals surface area contributed by atoms with E-state index in [1.165, 1.54) is 17.0 Å². The Morgan fingerprint density at radius 3 is 2.24 bits per heavy atom. The molecule has 2 amide bonds. The Kier molecular flexibility index (Phi) is 8.66. The minimum Gasteiger partial charge on any atom is -0.355 e. The predicted octanol–water partition coefficient (Wildman–Crippen LogP) is 5.63. The van der Waals surface area contributed by atoms with E-state index in [0.29, 0.717) is 25.9 Å². The van der Waals surface area contributed by atoms with Gasteiger partial charge in [-0.1, -0.05) is 78.5 Å². The van der Waals surface area contributed by atoms with Gasteiger partial charge < -0.3 is 5.32 Å². The highest BCUT2D eigenvalue weighted by Crippen LogP contribution is 2.33. The van der Waals surface area contributed by atoms with Gasteiger partial charge in [0.05, 0.1) is 16.5 Å². The van der Waals surface area contributed by atoms with Gasteiger partial charge >= 0.3 is 6.18 Å². The summed E-state index contributed by atoms with van der Waals surface area (Å²) in [6.07, 6.45) is -3.34. The van der Waals surface area contributed by atoms with Crippen molar-refractivity contribution in [3.05, 3.63) is 102 Å². The van der Waals surface area contributed by atoms with Crippen LogP contribution >= 0.6 is 11.8 Å². The third-order valence-electron chi connectivity index (χ3n) is 5.85. The number of carbonyl (C=O) groups excluding carboxylic acids is 2. The monoisotopic (exact) mass is 525 g/mol. The fraction of sp³-hybridized carbons (Fsp3) is 0.250. The maximum atomic E-state index is 13.2. The SMILES string of the molecule is O=C(NCCc1ccccc1)C1CC(=O)N(CCc2ccccc2)C(=Nc2cccc(C(F)(F)F)c2)S1. The molecule has 1 aliphatic heterocycles. The normalized spacial score (nSPS) is 17.2. The lowest BCUT2D eigenvalue weighted by molar-refractivity contribution is -0.137. The van der Waals surface area contributed by atoms with Crippen molar-refractivity contribution >= 4 is 34.4 Å². The largest absolute Gasteiger partial charge is 0.416 e. The Labute approximate surface area is 217 Å². The number of amidine groups is 1. The molecule has 0 spiro atoms. The second-order valence-electron chi connectivity index (χ2n) is 8.56. The molecule has 1 aliphatic rings. The number of amides is 2. The smallest absolute Gasteiger partial charge is 0.355 e. The number of aliphatic imine (C=N–C) groups is 1. The van der Waals surface area contributed by atoms with Crippen molar-refractivity contribution in [1.82, 2.24) is 10.2 Å². The molecule has 0 aliphatic carbocycles. The summed E-state index contributed by atoms with van der Waals surface area (Å²) in [5, 5.41) is 2.37. The average Bonchev–Trinajstić information content (AvgIpc) is 2.89. The molecular formula is C28H26F3N3O2S. The standard InChI is InChI=1S/C28H26F3N3O2S/c29-28(30,31)22-12-7-13-23(18-22)33-27-34(17-15-21-10-5-2-6-11-21)25(35)19-24(37-27)26(36)32-16-14-20-8-3-1-4-9-20/h1-13,18,24H,14-17,19H2,(H,32,36). The number of benzene rings is 3. The molecule has 5 nitrogen and oxygen atoms in total. The van der Waals surface area contributed by atoms with E-state index in [0.717, 1.165) is 35.0 Å². The van der Waals surface area contributed by atoms with Crippen molar-refractivity contribution < 1.29 is 22.8 Å². The van der Waals surface area contributed by atoms with Crippen molar-refractivity contribution in [2.24, 2.45) is 4.99 Å². The van der Waals surface area contributed by atoms with Crippen LogP contribution in [-0.2, 0) is 28.6 Å². The first-order chi connectivity index (χ1) is 17.8. The highest BCUT2D eigenvalue weighted by Gasteiger charge is 2.36. The third kappa shape index (κ3) is 7.45. The second-order valence-corrected chi connectivity index (χ2v) is 9.73. The molecule has 192 valence electrons. The Bertz CT molecular complexity index is 1250. The number of carbonyl (C=O) groups is 2. The first kappa shape index (κ1) is 26.5. The molecule has 3 aromatic carbocycles. The average molecular weight is 526 g/mol. The van der Waals surface area contributed by atoms with Crippen LogP contribution < -0.4 is 5.32 Å². The molecule has 1 atom stereocenters. The van der Waals surface area contributed by atoms with E-state index in [9.17, 15) is 22.8 Å². The van der Waals surface area contributed by atoms with E-state index >= 15 is 0 Å². The molecule has 0 radical (unpaired) electrons. The first-order valence-corrected chi connectivity index (χ1v) is 12.8. The van der Waals surface area contributed by atoms with Crippen molar-refractivity contribution in [3.8, 4) is 0 Å². The summed E-state index contributed by atoms with van der Waals surface area (Å²) in [6, 6.07) is 23.9. The molecule has 0 bridgehead atoms. The fourth-order valence-corrected chi connectivity index (χ4v) is 5.05. The molecule has 1 N–H and O–H groups in total. The highest BCUT2D eigenvalue weighted by molar-refractivity contribution is 8.15. The summed E-state index contributed by atoms with van der Waals surface area (Å²) < 4.78 is 39.7. The molecule has 9 heteroatoms. The van der Waals surface area contributed by atoms with Crippen molar-refractivity contribution in [2.45, 2.75) is 30.7 Å². The number of rotatable bonds is 8. The lowest BCUT2D eigenvalue weighted by Gasteiger charge is -2.32. The van der Waals surface area contributed by atoms with Crippen LogP contribution in [0.1, 0.15) is 23.1 Å². The van der Waals surface area contributed by atoms with Crippen LogP contribution in [0, 0.1) is 0 Å². The van der Waals surface area contributed by atoms with E-state index in [2.05, 4.69) is 10.3 Å². The van der Waals surface area contributed by atoms with Crippen LogP contribution in [0.25, 0.3) is 0 Å². The summed E-state index contributed by atoms with van der Waals surface area (Å²) >= 11 is 1.10. The molecule has 0 saturated carbocycles. The Morgan fingerprint density at radius 2 is 1.59 bits per heavy atom. The van der Waals surface area contributed by atoms with Crippen LogP contribution in [0.3, 0.4) is 0 Å². The lowest BCUT2D eigenvalue weighted by Crippen LogP contribution is -2.47. The zero-order chi connectivity index (χ0) is 26.3. The van der Waals surface area contributed by atoms with Crippen LogP contribution in [0.4, 0.5) is 18.9 Å². The van der Waals surface area contributed by atoms with E-state index in [1.807, 2.05) is 60.7 Å². The number of nitrogens with zero attached hydrogens (tertiary/aromatic N) is 2. The molecule has 3 aromatic rings. The van der Waals surface area contributed by atoms with Gasteiger partial charge in [0.2, 0.25) is 11.8 Å². The highest BCUT2D eigenvalue weighted by atomic mass is 32.2. The number of alkyl halides is 3. The van der Waals surface area contributed by atoms with Gasteiger partial charge in [-0.15, -0.1) is 0 Å². The molecular weight excluding hydrogens is 499 g/mol. The zero-order valence-electron chi connectivity index (χ0n) is 19.9. The number of nitrogens with one attached hydrogen (secondary N) is 1. The van der Waals surface area contributed by atoms with Crippen LogP contribution in [0.5, 0.6) is 0 Å². The number of halogens is 3. The summed E-state index contributed by atoms with van der Waals surface area (Å²) in [5.41, 5.74) is 1.33. The first-order valence-electron chi connectivity index (χ1n) is 11.9. The van der Waals surface area contributed by atoms with Gasteiger partial charge in [0.1, 0.15) is 0 Å². The van der Waals surface area contributed by atoms with Gasteiger partial charge in [0.25, 0.3) is 0 Å². The molecule has 37 heavy (non-hydrogen) atoms. The Balaban J connectivity index is 1.51. The van der Waals surface area contributed by atoms with Crippen LogP contribution in [0.2, 0.25) is 0 Å². The van der Waals surface area contributed by atoms with Crippen LogP contribution in [0.15, 0.2) is 89.9 Å². The molecule has 0 aromatic heterocycles. The fourth-order valence-electron chi connectivity index (χ4n) is 3.90. The van der Waals surface area contributed by atoms with Gasteiger partial charge in [0.15, 0.2) is 5.17 Å². The number of thioether (sulfide) groups is 1. The summed E-state index contributed by atoms with van der Waals surface area (Å²) in [5.74, 6) is -0.586. The molecule has 1 fully saturated rings. The van der Waals surface area contributed by atoms with Gasteiger partial charge in [-0.2, -0.15) is 13.2 Å². The van der Waals surface area contributed by atoms with Gasteiger partial charge in [0, 0.05) is 19.5 Å². The summed E-state index contributed by atoms with van der Waals surface area (Å²) in [4.78, 5) is 31.9. The number of hydrogen-bond acceptors (Lipinski definition) is 4. The van der Waals surface area contributed by atoms with E-state index in [4.69, 9.17) is 0 Å². The molecule has 1 saturated heterocycles. The Morgan fingerprint density at radius 1 is 0.946 bits per heavy atom. The van der Waals surface area contributed by atoms with E-state index in [1.54, 1.807) is 0 Å². The van der Waals surface area contributed by atoms with E-state index in [-0.39, 0.29) is 29.1 Å². The molecule has 1 unspecified atom stereocenters. The topological polar surface area (TPSA) is 61.8 Å². The third-order valence-corrected chi connectivity index (χ3v) is 7.04. The number of hydrogen-bond donors (Lipinski definition) is 1.